The summed E-state index contributed by atoms with van der Waals surface area (Å²) >= 11 is 4.39. The van der Waals surface area contributed by atoms with Crippen molar-refractivity contribution in [3.05, 3.63) is 51.8 Å². The summed E-state index contributed by atoms with van der Waals surface area (Å²) in [5.41, 5.74) is 2.10. The summed E-state index contributed by atoms with van der Waals surface area (Å²) in [6.45, 7) is 1.76. The number of halogens is 1. The SMILES string of the molecule is Cn1nc(C(=O)NCc2ccc(Cl)cc2)c2c1C(=O)N(CC1([S+]([O-])C(C)(CO)CO)CC1)CC2. The van der Waals surface area contributed by atoms with E-state index in [1.165, 1.54) is 4.68 Å². The van der Waals surface area contributed by atoms with Crippen LogP contribution in [-0.4, -0.2) is 77.1 Å². The Bertz CT molecular complexity index is 1080. The first kappa shape index (κ1) is 25.0. The molecule has 11 heteroatoms. The molecule has 1 saturated carbocycles. The van der Waals surface area contributed by atoms with Crippen molar-refractivity contribution in [1.82, 2.24) is 20.0 Å². The van der Waals surface area contributed by atoms with E-state index in [1.54, 1.807) is 31.0 Å². The monoisotopic (exact) mass is 508 g/mol. The quantitative estimate of drug-likeness (QED) is 0.433. The Morgan fingerprint density at radius 1 is 1.29 bits per heavy atom. The molecule has 0 saturated heterocycles. The maximum atomic E-state index is 13.3. The number of benzene rings is 1. The van der Waals surface area contributed by atoms with Crippen LogP contribution in [0.2, 0.25) is 5.02 Å². The van der Waals surface area contributed by atoms with E-state index in [1.807, 2.05) is 12.1 Å². The van der Waals surface area contributed by atoms with Crippen LogP contribution in [0.5, 0.6) is 0 Å². The Hall–Kier alpha value is -2.11. The third kappa shape index (κ3) is 4.57. The molecule has 2 amide bonds. The lowest BCUT2D eigenvalue weighted by Crippen LogP contribution is -2.54. The van der Waals surface area contributed by atoms with Crippen LogP contribution in [0, 0.1) is 0 Å². The zero-order valence-corrected chi connectivity index (χ0v) is 20.8. The third-order valence-corrected chi connectivity index (χ3v) is 9.37. The number of aryl methyl sites for hydroxylation is 1. The Balaban J connectivity index is 1.47. The first-order valence-corrected chi connectivity index (χ1v) is 12.7. The molecule has 1 aromatic heterocycles. The average Bonchev–Trinajstić information content (AvgIpc) is 3.54. The molecular weight excluding hydrogens is 480 g/mol. The number of aliphatic hydroxyl groups is 2. The van der Waals surface area contributed by atoms with Gasteiger partial charge in [0, 0.05) is 43.6 Å². The van der Waals surface area contributed by atoms with Crippen molar-refractivity contribution in [3.8, 4) is 0 Å². The van der Waals surface area contributed by atoms with Crippen LogP contribution >= 0.6 is 11.6 Å². The predicted molar refractivity (Wildman–Crippen MR) is 128 cm³/mol. The molecule has 1 aromatic carbocycles. The van der Waals surface area contributed by atoms with Gasteiger partial charge in [-0.05, 0) is 42.2 Å². The van der Waals surface area contributed by atoms with E-state index in [4.69, 9.17) is 11.6 Å². The van der Waals surface area contributed by atoms with Crippen molar-refractivity contribution in [3.63, 3.8) is 0 Å². The smallest absolute Gasteiger partial charge is 0.272 e. The lowest BCUT2D eigenvalue weighted by Gasteiger charge is -2.37. The summed E-state index contributed by atoms with van der Waals surface area (Å²) in [4.78, 5) is 27.8. The van der Waals surface area contributed by atoms with Crippen LogP contribution < -0.4 is 5.32 Å². The van der Waals surface area contributed by atoms with Crippen molar-refractivity contribution in [1.29, 1.82) is 0 Å². The van der Waals surface area contributed by atoms with Crippen molar-refractivity contribution in [2.75, 3.05) is 26.3 Å². The number of rotatable bonds is 9. The first-order chi connectivity index (χ1) is 16.1. The number of aliphatic hydroxyl groups excluding tert-OH is 2. The molecule has 34 heavy (non-hydrogen) atoms. The van der Waals surface area contributed by atoms with Crippen LogP contribution in [-0.2, 0) is 31.2 Å². The summed E-state index contributed by atoms with van der Waals surface area (Å²) < 4.78 is 12.9. The number of fused-ring (bicyclic) bond motifs is 1. The largest absolute Gasteiger partial charge is 0.615 e. The Kier molecular flexibility index (Phi) is 6.99. The highest BCUT2D eigenvalue weighted by Crippen LogP contribution is 2.49. The van der Waals surface area contributed by atoms with Gasteiger partial charge in [0.15, 0.2) is 10.4 Å². The molecule has 1 unspecified atom stereocenters. The van der Waals surface area contributed by atoms with E-state index in [-0.39, 0.29) is 24.1 Å². The zero-order chi connectivity index (χ0) is 24.7. The highest BCUT2D eigenvalue weighted by atomic mass is 35.5. The summed E-state index contributed by atoms with van der Waals surface area (Å²) in [5, 5.41) is 27.1. The summed E-state index contributed by atoms with van der Waals surface area (Å²) in [6, 6.07) is 7.16. The van der Waals surface area contributed by atoms with Crippen LogP contribution in [0.15, 0.2) is 24.3 Å². The van der Waals surface area contributed by atoms with E-state index in [0.29, 0.717) is 48.6 Å². The molecule has 4 rings (SSSR count). The average molecular weight is 509 g/mol. The number of nitrogens with one attached hydrogen (secondary N) is 1. The molecule has 2 heterocycles. The van der Waals surface area contributed by atoms with Crippen molar-refractivity contribution in [2.24, 2.45) is 7.05 Å². The van der Waals surface area contributed by atoms with E-state index in [2.05, 4.69) is 10.4 Å². The molecule has 1 fully saturated rings. The number of nitrogens with zero attached hydrogens (tertiary/aromatic N) is 3. The van der Waals surface area contributed by atoms with Crippen LogP contribution in [0.25, 0.3) is 0 Å². The second-order valence-electron chi connectivity index (χ2n) is 9.30. The number of aromatic nitrogens is 2. The minimum Gasteiger partial charge on any atom is -0.615 e. The van der Waals surface area contributed by atoms with E-state index < -0.39 is 33.9 Å². The fourth-order valence-corrected chi connectivity index (χ4v) is 6.50. The van der Waals surface area contributed by atoms with Gasteiger partial charge < -0.3 is 25.0 Å². The van der Waals surface area contributed by atoms with Gasteiger partial charge in [-0.1, -0.05) is 23.7 Å². The molecule has 0 spiro atoms. The predicted octanol–water partition coefficient (Wildman–Crippen LogP) is 1.03. The lowest BCUT2D eigenvalue weighted by atomic mass is 10.0. The van der Waals surface area contributed by atoms with E-state index in [0.717, 1.165) is 5.56 Å². The second-order valence-corrected chi connectivity index (χ2v) is 12.1. The van der Waals surface area contributed by atoms with Crippen LogP contribution in [0.4, 0.5) is 0 Å². The van der Waals surface area contributed by atoms with Gasteiger partial charge in [-0.2, -0.15) is 5.10 Å². The summed E-state index contributed by atoms with van der Waals surface area (Å²) in [7, 11) is 1.63. The molecule has 2 aliphatic rings. The Morgan fingerprint density at radius 3 is 2.53 bits per heavy atom. The molecule has 1 aliphatic carbocycles. The lowest BCUT2D eigenvalue weighted by molar-refractivity contribution is 0.0723. The maximum absolute atomic E-state index is 13.3. The van der Waals surface area contributed by atoms with Crippen LogP contribution in [0.1, 0.15) is 51.9 Å². The zero-order valence-electron chi connectivity index (χ0n) is 19.2. The Morgan fingerprint density at radius 2 is 1.94 bits per heavy atom. The summed E-state index contributed by atoms with van der Waals surface area (Å²) in [5.74, 6) is -0.611. The van der Waals surface area contributed by atoms with Gasteiger partial charge in [-0.15, -0.1) is 0 Å². The van der Waals surface area contributed by atoms with Gasteiger partial charge in [0.1, 0.15) is 10.4 Å². The minimum absolute atomic E-state index is 0.234. The normalized spacial score (nSPS) is 17.9. The molecule has 2 aromatic rings. The van der Waals surface area contributed by atoms with Crippen molar-refractivity contribution < 1.29 is 24.4 Å². The number of carbonyl (C=O) groups excluding carboxylic acids is 2. The number of amides is 2. The summed E-state index contributed by atoms with van der Waals surface area (Å²) in [6.07, 6.45) is 1.78. The molecule has 184 valence electrons. The van der Waals surface area contributed by atoms with Gasteiger partial charge in [0.25, 0.3) is 11.8 Å². The van der Waals surface area contributed by atoms with Gasteiger partial charge >= 0.3 is 0 Å². The maximum Gasteiger partial charge on any atom is 0.272 e. The van der Waals surface area contributed by atoms with Crippen molar-refractivity contribution in [2.45, 2.75) is 42.2 Å². The molecule has 3 N–H and O–H groups in total. The number of carbonyl (C=O) groups is 2. The van der Waals surface area contributed by atoms with E-state index >= 15 is 0 Å². The molecule has 1 aliphatic heterocycles. The topological polar surface area (TPSA) is 131 Å². The molecule has 0 bridgehead atoms. The fraction of sp³-hybridized carbons (Fsp3) is 0.522. The first-order valence-electron chi connectivity index (χ1n) is 11.2. The van der Waals surface area contributed by atoms with Gasteiger partial charge in [0.2, 0.25) is 0 Å². The van der Waals surface area contributed by atoms with Gasteiger partial charge in [-0.3, -0.25) is 14.3 Å². The Labute approximate surface area is 206 Å². The van der Waals surface area contributed by atoms with Crippen LogP contribution in [0.3, 0.4) is 0 Å². The standard InChI is InChI=1S/C23H29ClN4O5S/c1-22(13-29,14-30)34(33)23(8-9-23)12-28-10-7-17-18(26-27(2)19(17)21(28)32)20(31)25-11-15-3-5-16(24)6-4-15/h3-6,29-30H,7-14H2,1-2H3,(H,25,31). The van der Waals surface area contributed by atoms with Gasteiger partial charge in [0.05, 0.1) is 19.8 Å². The molecule has 1 atom stereocenters. The highest BCUT2D eigenvalue weighted by Gasteiger charge is 2.61. The van der Waals surface area contributed by atoms with Gasteiger partial charge in [-0.25, -0.2) is 0 Å². The molecule has 0 radical (unpaired) electrons. The van der Waals surface area contributed by atoms with Crippen molar-refractivity contribution >= 4 is 34.6 Å². The second kappa shape index (κ2) is 9.50. The fourth-order valence-electron chi connectivity index (χ4n) is 4.35. The third-order valence-electron chi connectivity index (χ3n) is 6.64. The number of hydrogen-bond acceptors (Lipinski definition) is 6. The minimum atomic E-state index is -1.52. The molecule has 9 nitrogen and oxygen atoms in total. The van der Waals surface area contributed by atoms with E-state index in [9.17, 15) is 24.4 Å². The molecular formula is C23H29ClN4O5S. The number of hydrogen-bond donors (Lipinski definition) is 3. The highest BCUT2D eigenvalue weighted by molar-refractivity contribution is 7.94.